The molecule has 1 aromatic carbocycles. The Morgan fingerprint density at radius 1 is 1.18 bits per heavy atom. The third kappa shape index (κ3) is 4.31. The summed E-state index contributed by atoms with van der Waals surface area (Å²) >= 11 is 1.34. The first-order valence-electron chi connectivity index (χ1n) is 10.1. The molecule has 7 nitrogen and oxygen atoms in total. The van der Waals surface area contributed by atoms with Crippen molar-refractivity contribution in [3.05, 3.63) is 75.1 Å². The monoisotopic (exact) mass is 468 g/mol. The van der Waals surface area contributed by atoms with Crippen LogP contribution in [0.3, 0.4) is 0 Å². The SMILES string of the molecule is CCOC(=O)c1cn(Cc2ccc(OC)cc2OC)c2nc(-c3cccs3)c(F)cc2c1=O. The number of fused-ring (bicyclic) bond motifs is 1. The van der Waals surface area contributed by atoms with Crippen LogP contribution in [-0.4, -0.2) is 36.3 Å². The van der Waals surface area contributed by atoms with Crippen molar-refractivity contribution in [2.24, 2.45) is 0 Å². The average Bonchev–Trinajstić information content (AvgIpc) is 3.35. The van der Waals surface area contributed by atoms with Gasteiger partial charge in [0, 0.05) is 17.8 Å². The van der Waals surface area contributed by atoms with E-state index in [-0.39, 0.29) is 35.4 Å². The molecule has 0 saturated heterocycles. The van der Waals surface area contributed by atoms with Gasteiger partial charge in [-0.25, -0.2) is 14.2 Å². The number of esters is 1. The number of halogens is 1. The van der Waals surface area contributed by atoms with E-state index in [1.165, 1.54) is 24.6 Å². The van der Waals surface area contributed by atoms with Crippen LogP contribution in [0.5, 0.6) is 11.5 Å². The molecule has 3 heterocycles. The van der Waals surface area contributed by atoms with Crippen molar-refractivity contribution in [2.45, 2.75) is 13.5 Å². The fraction of sp³-hybridized carbons (Fsp3) is 0.208. The van der Waals surface area contributed by atoms with E-state index in [9.17, 15) is 14.0 Å². The largest absolute Gasteiger partial charge is 0.497 e. The van der Waals surface area contributed by atoms with Gasteiger partial charge in [0.15, 0.2) is 5.82 Å². The van der Waals surface area contributed by atoms with Gasteiger partial charge in [-0.2, -0.15) is 0 Å². The van der Waals surface area contributed by atoms with E-state index in [0.717, 1.165) is 11.6 Å². The third-order valence-corrected chi connectivity index (χ3v) is 5.96. The minimum atomic E-state index is -0.775. The van der Waals surface area contributed by atoms with Crippen molar-refractivity contribution < 1.29 is 23.4 Å². The Labute approximate surface area is 193 Å². The fourth-order valence-corrected chi connectivity index (χ4v) is 4.23. The first kappa shape index (κ1) is 22.5. The predicted octanol–water partition coefficient (Wildman–Crippen LogP) is 4.51. The highest BCUT2D eigenvalue weighted by atomic mass is 32.1. The van der Waals surface area contributed by atoms with Crippen LogP contribution in [-0.2, 0) is 11.3 Å². The molecule has 4 rings (SSSR count). The Morgan fingerprint density at radius 2 is 2.00 bits per heavy atom. The quantitative estimate of drug-likeness (QED) is 0.372. The number of hydrogen-bond acceptors (Lipinski definition) is 7. The van der Waals surface area contributed by atoms with Crippen molar-refractivity contribution in [3.8, 4) is 22.1 Å². The van der Waals surface area contributed by atoms with Crippen LogP contribution in [0.1, 0.15) is 22.8 Å². The van der Waals surface area contributed by atoms with Gasteiger partial charge in [-0.1, -0.05) is 6.07 Å². The Hall–Kier alpha value is -3.72. The number of thiophene rings is 1. The van der Waals surface area contributed by atoms with E-state index >= 15 is 0 Å². The van der Waals surface area contributed by atoms with E-state index in [1.807, 2.05) is 11.4 Å². The predicted molar refractivity (Wildman–Crippen MR) is 124 cm³/mol. The summed E-state index contributed by atoms with van der Waals surface area (Å²) in [6, 6.07) is 10.0. The van der Waals surface area contributed by atoms with Crippen molar-refractivity contribution >= 4 is 28.3 Å². The topological polar surface area (TPSA) is 79.7 Å². The van der Waals surface area contributed by atoms with Gasteiger partial charge in [-0.15, -0.1) is 11.3 Å². The number of nitrogens with zero attached hydrogens (tertiary/aromatic N) is 2. The lowest BCUT2D eigenvalue weighted by Gasteiger charge is -2.16. The molecule has 0 unspecified atom stereocenters. The molecule has 0 amide bonds. The van der Waals surface area contributed by atoms with E-state index in [2.05, 4.69) is 4.98 Å². The van der Waals surface area contributed by atoms with Crippen LogP contribution < -0.4 is 14.9 Å². The van der Waals surface area contributed by atoms with Crippen molar-refractivity contribution in [2.75, 3.05) is 20.8 Å². The molecular weight excluding hydrogens is 447 g/mol. The van der Waals surface area contributed by atoms with E-state index in [1.54, 1.807) is 42.9 Å². The highest BCUT2D eigenvalue weighted by molar-refractivity contribution is 7.13. The average molecular weight is 469 g/mol. The number of rotatable bonds is 7. The molecule has 170 valence electrons. The number of benzene rings is 1. The molecule has 33 heavy (non-hydrogen) atoms. The molecule has 0 aliphatic rings. The minimum absolute atomic E-state index is 0.00848. The second-order valence-corrected chi connectivity index (χ2v) is 8.01. The van der Waals surface area contributed by atoms with Gasteiger partial charge in [-0.3, -0.25) is 4.79 Å². The molecule has 0 fully saturated rings. The first-order chi connectivity index (χ1) is 16.0. The summed E-state index contributed by atoms with van der Waals surface area (Å²) in [6.45, 7) is 1.96. The summed E-state index contributed by atoms with van der Waals surface area (Å²) in [5, 5.41) is 1.81. The minimum Gasteiger partial charge on any atom is -0.497 e. The zero-order chi connectivity index (χ0) is 23.5. The van der Waals surface area contributed by atoms with Gasteiger partial charge >= 0.3 is 5.97 Å². The lowest BCUT2D eigenvalue weighted by molar-refractivity contribution is 0.0524. The number of hydrogen-bond donors (Lipinski definition) is 0. The van der Waals surface area contributed by atoms with Gasteiger partial charge in [-0.05, 0) is 36.6 Å². The van der Waals surface area contributed by atoms with Gasteiger partial charge < -0.3 is 18.8 Å². The summed E-state index contributed by atoms with van der Waals surface area (Å²) < 4.78 is 32.4. The molecule has 0 spiro atoms. The first-order valence-corrected chi connectivity index (χ1v) is 11.0. The van der Waals surface area contributed by atoms with Gasteiger partial charge in [0.25, 0.3) is 0 Å². The Bertz CT molecular complexity index is 1380. The third-order valence-electron chi connectivity index (χ3n) is 5.09. The maximum absolute atomic E-state index is 15.0. The number of ether oxygens (including phenoxy) is 3. The summed E-state index contributed by atoms with van der Waals surface area (Å²) in [4.78, 5) is 30.6. The van der Waals surface area contributed by atoms with Crippen LogP contribution in [0.15, 0.2) is 52.8 Å². The smallest absolute Gasteiger partial charge is 0.343 e. The number of carbonyl (C=O) groups excluding carboxylic acids is 1. The molecule has 0 N–H and O–H groups in total. The Balaban J connectivity index is 1.96. The zero-order valence-corrected chi connectivity index (χ0v) is 19.1. The summed E-state index contributed by atoms with van der Waals surface area (Å²) in [6.07, 6.45) is 1.40. The molecule has 3 aromatic heterocycles. The van der Waals surface area contributed by atoms with Gasteiger partial charge in [0.2, 0.25) is 5.43 Å². The van der Waals surface area contributed by atoms with Gasteiger partial charge in [0.1, 0.15) is 28.4 Å². The fourth-order valence-electron chi connectivity index (χ4n) is 3.51. The van der Waals surface area contributed by atoms with Crippen LogP contribution in [0.4, 0.5) is 4.39 Å². The van der Waals surface area contributed by atoms with Crippen LogP contribution in [0.25, 0.3) is 21.6 Å². The summed E-state index contributed by atoms with van der Waals surface area (Å²) in [5.41, 5.74) is 0.307. The molecule has 4 aromatic rings. The molecule has 0 bridgehead atoms. The normalized spacial score (nSPS) is 10.9. The standard InChI is InChI=1S/C24H21FN2O5S/c1-4-32-24(29)17-13-27(12-14-7-8-15(30-2)10-19(14)31-3)23-16(22(17)28)11-18(25)21(26-23)20-6-5-9-33-20/h5-11,13H,4,12H2,1-3H3. The number of pyridine rings is 2. The molecule has 0 aliphatic heterocycles. The highest BCUT2D eigenvalue weighted by Gasteiger charge is 2.21. The molecule has 0 aliphatic carbocycles. The lowest BCUT2D eigenvalue weighted by atomic mass is 10.1. The van der Waals surface area contributed by atoms with E-state index in [4.69, 9.17) is 14.2 Å². The van der Waals surface area contributed by atoms with Crippen LogP contribution in [0.2, 0.25) is 0 Å². The lowest BCUT2D eigenvalue weighted by Crippen LogP contribution is -2.22. The second-order valence-electron chi connectivity index (χ2n) is 7.07. The Morgan fingerprint density at radius 3 is 2.67 bits per heavy atom. The molecule has 0 saturated carbocycles. The number of aromatic nitrogens is 2. The molecular formula is C24H21FN2O5S. The molecule has 9 heteroatoms. The maximum atomic E-state index is 15.0. The highest BCUT2D eigenvalue weighted by Crippen LogP contribution is 2.29. The zero-order valence-electron chi connectivity index (χ0n) is 18.3. The van der Waals surface area contributed by atoms with Crippen LogP contribution in [0, 0.1) is 5.82 Å². The van der Waals surface area contributed by atoms with Gasteiger partial charge in [0.05, 0.1) is 37.6 Å². The maximum Gasteiger partial charge on any atom is 0.343 e. The molecule has 0 atom stereocenters. The van der Waals surface area contributed by atoms with Crippen molar-refractivity contribution in [1.29, 1.82) is 0 Å². The van der Waals surface area contributed by atoms with Crippen LogP contribution >= 0.6 is 11.3 Å². The van der Waals surface area contributed by atoms with E-state index < -0.39 is 17.2 Å². The number of methoxy groups -OCH3 is 2. The second kappa shape index (κ2) is 9.41. The number of carbonyl (C=O) groups is 1. The Kier molecular flexibility index (Phi) is 6.41. The van der Waals surface area contributed by atoms with Crippen molar-refractivity contribution in [1.82, 2.24) is 9.55 Å². The summed E-state index contributed by atoms with van der Waals surface area (Å²) in [5.74, 6) is -0.244. The van der Waals surface area contributed by atoms with E-state index in [0.29, 0.717) is 16.4 Å². The molecule has 0 radical (unpaired) electrons. The van der Waals surface area contributed by atoms with Crippen molar-refractivity contribution in [3.63, 3.8) is 0 Å². The summed E-state index contributed by atoms with van der Waals surface area (Å²) in [7, 11) is 3.09.